The van der Waals surface area contributed by atoms with Crippen LogP contribution in [0.15, 0.2) is 0 Å². The number of rotatable bonds is 3. The van der Waals surface area contributed by atoms with Gasteiger partial charge in [-0.2, -0.15) is 0 Å². The minimum Gasteiger partial charge on any atom is -0.104 e. The van der Waals surface area contributed by atoms with Crippen LogP contribution in [-0.2, 0) is 11.8 Å². The summed E-state index contributed by atoms with van der Waals surface area (Å²) in [6.45, 7) is 0. The normalized spacial score (nSPS) is 26.7. The minimum absolute atomic E-state index is 0.308. The lowest BCUT2D eigenvalue weighted by molar-refractivity contribution is 0.254. The molecule has 2 saturated carbocycles. The maximum atomic E-state index is 5.52. The zero-order valence-electron chi connectivity index (χ0n) is 9.79. The molecule has 1 atom stereocenters. The van der Waals surface area contributed by atoms with Crippen molar-refractivity contribution in [3.8, 4) is 0 Å². The highest BCUT2D eigenvalue weighted by atomic mass is 32.4. The van der Waals surface area contributed by atoms with Crippen LogP contribution in [0.3, 0.4) is 0 Å². The van der Waals surface area contributed by atoms with Crippen LogP contribution in [0, 0.1) is 11.8 Å². The van der Waals surface area contributed by atoms with Gasteiger partial charge in [0.15, 0.2) is 0 Å². The Labute approximate surface area is 101 Å². The van der Waals surface area contributed by atoms with Crippen LogP contribution in [0.4, 0.5) is 0 Å². The molecule has 0 aliphatic heterocycles. The van der Waals surface area contributed by atoms with Crippen molar-refractivity contribution in [2.24, 2.45) is 11.8 Å². The summed E-state index contributed by atoms with van der Waals surface area (Å²) in [4.78, 5) is 0. The van der Waals surface area contributed by atoms with E-state index in [1.807, 2.05) is 0 Å². The molecule has 88 valence electrons. The topological polar surface area (TPSA) is 0 Å². The van der Waals surface area contributed by atoms with Crippen LogP contribution in [0.5, 0.6) is 0 Å². The van der Waals surface area contributed by atoms with E-state index >= 15 is 0 Å². The molecule has 0 bridgehead atoms. The van der Waals surface area contributed by atoms with Crippen molar-refractivity contribution >= 4 is 19.2 Å². The van der Waals surface area contributed by atoms with Crippen molar-refractivity contribution in [1.82, 2.24) is 0 Å². The lowest BCUT2D eigenvalue weighted by Crippen LogP contribution is -2.27. The standard InChI is InChI=1S/C13H25PS/c15-14-13(11-7-3-1-4-8-11)12-9-5-2-6-10-12/h11-13H,1-10,14H2. The molecule has 2 aliphatic rings. The van der Waals surface area contributed by atoms with Crippen molar-refractivity contribution in [3.05, 3.63) is 0 Å². The van der Waals surface area contributed by atoms with E-state index in [2.05, 4.69) is 0 Å². The zero-order chi connectivity index (χ0) is 10.5. The molecular weight excluding hydrogens is 219 g/mol. The van der Waals surface area contributed by atoms with Gasteiger partial charge in [-0.05, 0) is 43.2 Å². The van der Waals surface area contributed by atoms with Crippen LogP contribution < -0.4 is 0 Å². The molecular formula is C13H25PS. The second-order valence-corrected chi connectivity index (χ2v) is 7.37. The monoisotopic (exact) mass is 244 g/mol. The van der Waals surface area contributed by atoms with Crippen LogP contribution in [-0.4, -0.2) is 5.66 Å². The van der Waals surface area contributed by atoms with Gasteiger partial charge in [-0.15, -0.1) is 11.8 Å². The fraction of sp³-hybridized carbons (Fsp3) is 1.00. The van der Waals surface area contributed by atoms with E-state index in [1.54, 1.807) is 0 Å². The maximum Gasteiger partial charge on any atom is -0.0112 e. The molecule has 2 fully saturated rings. The number of hydrogen-bond acceptors (Lipinski definition) is 1. The number of hydrogen-bond donors (Lipinski definition) is 0. The highest BCUT2D eigenvalue weighted by Gasteiger charge is 2.29. The van der Waals surface area contributed by atoms with Gasteiger partial charge in [0.1, 0.15) is 0 Å². The summed E-state index contributed by atoms with van der Waals surface area (Å²) in [6, 6.07) is 0. The molecule has 0 heterocycles. The summed E-state index contributed by atoms with van der Waals surface area (Å²) < 4.78 is 0. The van der Waals surface area contributed by atoms with E-state index in [0.717, 1.165) is 17.5 Å². The lowest BCUT2D eigenvalue weighted by atomic mass is 9.77. The molecule has 0 spiro atoms. The van der Waals surface area contributed by atoms with Crippen LogP contribution in [0.2, 0.25) is 0 Å². The lowest BCUT2D eigenvalue weighted by Gasteiger charge is -2.35. The van der Waals surface area contributed by atoms with Gasteiger partial charge < -0.3 is 0 Å². The second kappa shape index (κ2) is 6.40. The molecule has 0 aromatic carbocycles. The van der Waals surface area contributed by atoms with Gasteiger partial charge in [0.25, 0.3) is 0 Å². The highest BCUT2D eigenvalue weighted by molar-refractivity contribution is 7.96. The first-order chi connectivity index (χ1) is 7.42. The first-order valence-electron chi connectivity index (χ1n) is 6.87. The largest absolute Gasteiger partial charge is 0.104 e. The minimum atomic E-state index is 0.308. The molecule has 15 heavy (non-hydrogen) atoms. The Morgan fingerprint density at radius 2 is 1.13 bits per heavy atom. The molecule has 0 aromatic rings. The first kappa shape index (κ1) is 12.1. The Morgan fingerprint density at radius 3 is 1.47 bits per heavy atom. The van der Waals surface area contributed by atoms with Crippen molar-refractivity contribution in [2.75, 3.05) is 0 Å². The summed E-state index contributed by atoms with van der Waals surface area (Å²) in [5, 5.41) is 0. The molecule has 0 N–H and O–H groups in total. The molecule has 0 aromatic heterocycles. The van der Waals surface area contributed by atoms with Gasteiger partial charge in [0.05, 0.1) is 0 Å². The van der Waals surface area contributed by atoms with Crippen LogP contribution in [0.25, 0.3) is 0 Å². The molecule has 2 heteroatoms. The average Bonchev–Trinajstić information content (AvgIpc) is 2.33. The smallest absolute Gasteiger partial charge is 0.0112 e. The Hall–Kier alpha value is 0.650. The second-order valence-electron chi connectivity index (χ2n) is 5.51. The van der Waals surface area contributed by atoms with Gasteiger partial charge in [-0.25, -0.2) is 0 Å². The van der Waals surface area contributed by atoms with E-state index in [0.29, 0.717) is 7.36 Å². The Bertz CT molecular complexity index is 175. The summed E-state index contributed by atoms with van der Waals surface area (Å²) in [6.07, 6.45) is 14.9. The van der Waals surface area contributed by atoms with Crippen molar-refractivity contribution in [3.63, 3.8) is 0 Å². The predicted molar refractivity (Wildman–Crippen MR) is 74.0 cm³/mol. The molecule has 2 rings (SSSR count). The fourth-order valence-electron chi connectivity index (χ4n) is 3.65. The molecule has 0 saturated heterocycles. The third kappa shape index (κ3) is 3.30. The van der Waals surface area contributed by atoms with E-state index < -0.39 is 0 Å². The molecule has 1 unspecified atom stereocenters. The third-order valence-electron chi connectivity index (χ3n) is 4.55. The quantitative estimate of drug-likeness (QED) is 0.664. The first-order valence-corrected chi connectivity index (χ1v) is 9.42. The van der Waals surface area contributed by atoms with Gasteiger partial charge in [0.2, 0.25) is 0 Å². The molecule has 0 amide bonds. The summed E-state index contributed by atoms with van der Waals surface area (Å²) in [5.41, 5.74) is 0.987. The Morgan fingerprint density at radius 1 is 0.733 bits per heavy atom. The maximum absolute atomic E-state index is 5.52. The predicted octanol–water partition coefficient (Wildman–Crippen LogP) is 4.39. The Balaban J connectivity index is 1.91. The van der Waals surface area contributed by atoms with E-state index in [4.69, 9.17) is 11.8 Å². The van der Waals surface area contributed by atoms with Crippen molar-refractivity contribution in [2.45, 2.75) is 69.9 Å². The van der Waals surface area contributed by atoms with Gasteiger partial charge >= 0.3 is 0 Å². The van der Waals surface area contributed by atoms with E-state index in [-0.39, 0.29) is 0 Å². The summed E-state index contributed by atoms with van der Waals surface area (Å²) >= 11 is 5.52. The fourth-order valence-corrected chi connectivity index (χ4v) is 6.19. The van der Waals surface area contributed by atoms with Gasteiger partial charge in [-0.1, -0.05) is 45.9 Å². The third-order valence-corrected chi connectivity index (χ3v) is 6.89. The van der Waals surface area contributed by atoms with Crippen LogP contribution in [0.1, 0.15) is 64.2 Å². The van der Waals surface area contributed by atoms with Crippen LogP contribution >= 0.6 is 7.36 Å². The molecule has 0 radical (unpaired) electrons. The Kier molecular flexibility index (Phi) is 5.17. The summed E-state index contributed by atoms with van der Waals surface area (Å²) in [7, 11) is 0.308. The highest BCUT2D eigenvalue weighted by Crippen LogP contribution is 2.41. The van der Waals surface area contributed by atoms with E-state index in [1.165, 1.54) is 64.2 Å². The van der Waals surface area contributed by atoms with Crippen molar-refractivity contribution < 1.29 is 0 Å². The molecule has 0 nitrogen and oxygen atoms in total. The summed E-state index contributed by atoms with van der Waals surface area (Å²) in [5.74, 6) is 2.07. The van der Waals surface area contributed by atoms with Crippen molar-refractivity contribution in [1.29, 1.82) is 0 Å². The van der Waals surface area contributed by atoms with Gasteiger partial charge in [0, 0.05) is 0 Å². The van der Waals surface area contributed by atoms with E-state index in [9.17, 15) is 0 Å². The SMILES string of the molecule is S=[PH2]C(C1CCCCC1)C1CCCCC1. The average molecular weight is 244 g/mol. The van der Waals surface area contributed by atoms with Gasteiger partial charge in [-0.3, -0.25) is 0 Å². The zero-order valence-corrected chi connectivity index (χ0v) is 11.8. The molecule has 2 aliphatic carbocycles.